The Kier molecular flexibility index (Phi) is 6.96. The number of esters is 1. The maximum absolute atomic E-state index is 12.3. The highest BCUT2D eigenvalue weighted by Gasteiger charge is 2.30. The summed E-state index contributed by atoms with van der Waals surface area (Å²) < 4.78 is 5.12. The van der Waals surface area contributed by atoms with E-state index in [1.54, 1.807) is 31.2 Å². The number of hydrogen-bond donors (Lipinski definition) is 1. The zero-order chi connectivity index (χ0) is 16.7. The highest BCUT2D eigenvalue weighted by atomic mass is 35.5. The predicted molar refractivity (Wildman–Crippen MR) is 93.7 cm³/mol. The van der Waals surface area contributed by atoms with E-state index in [1.165, 1.54) is 11.8 Å². The van der Waals surface area contributed by atoms with Gasteiger partial charge < -0.3 is 9.84 Å². The summed E-state index contributed by atoms with van der Waals surface area (Å²) in [5.74, 6) is -0.682. The van der Waals surface area contributed by atoms with Crippen molar-refractivity contribution < 1.29 is 14.6 Å². The highest BCUT2D eigenvalue weighted by Crippen LogP contribution is 2.32. The Morgan fingerprint density at radius 2 is 1.83 bits per heavy atom. The SMILES string of the molecule is CCOC(=O)[C@@H](CSc1ccccc1)[C@@H](O)c1ccccc1Cl. The largest absolute Gasteiger partial charge is 0.466 e. The fourth-order valence-corrected chi connectivity index (χ4v) is 3.46. The van der Waals surface area contributed by atoms with Crippen molar-refractivity contribution in [3.8, 4) is 0 Å². The van der Waals surface area contributed by atoms with E-state index in [0.29, 0.717) is 16.3 Å². The fraction of sp³-hybridized carbons (Fsp3) is 0.278. The van der Waals surface area contributed by atoms with Gasteiger partial charge in [-0.2, -0.15) is 0 Å². The molecule has 0 amide bonds. The van der Waals surface area contributed by atoms with E-state index in [4.69, 9.17) is 16.3 Å². The average Bonchev–Trinajstić information content (AvgIpc) is 2.56. The molecule has 0 aliphatic rings. The van der Waals surface area contributed by atoms with E-state index >= 15 is 0 Å². The summed E-state index contributed by atoms with van der Waals surface area (Å²) in [4.78, 5) is 13.3. The lowest BCUT2D eigenvalue weighted by molar-refractivity contribution is -0.151. The third kappa shape index (κ3) is 4.99. The summed E-state index contributed by atoms with van der Waals surface area (Å²) in [6, 6.07) is 16.8. The molecule has 2 atom stereocenters. The molecule has 2 aromatic rings. The first-order chi connectivity index (χ1) is 11.1. The van der Waals surface area contributed by atoms with Gasteiger partial charge in [-0.05, 0) is 30.7 Å². The van der Waals surface area contributed by atoms with E-state index < -0.39 is 18.0 Å². The number of rotatable bonds is 7. The Balaban J connectivity index is 2.16. The van der Waals surface area contributed by atoms with E-state index in [-0.39, 0.29) is 6.61 Å². The molecule has 23 heavy (non-hydrogen) atoms. The Hall–Kier alpha value is -1.49. The summed E-state index contributed by atoms with van der Waals surface area (Å²) in [6.07, 6.45) is -1.00. The summed E-state index contributed by atoms with van der Waals surface area (Å²) >= 11 is 7.65. The molecule has 3 nitrogen and oxygen atoms in total. The van der Waals surface area contributed by atoms with E-state index in [1.807, 2.05) is 30.3 Å². The number of hydrogen-bond acceptors (Lipinski definition) is 4. The molecule has 5 heteroatoms. The number of thioether (sulfide) groups is 1. The Bertz CT molecular complexity index is 633. The number of carbonyl (C=O) groups excluding carboxylic acids is 1. The molecule has 2 aromatic carbocycles. The number of carbonyl (C=O) groups is 1. The van der Waals surface area contributed by atoms with Gasteiger partial charge in [-0.1, -0.05) is 48.0 Å². The quantitative estimate of drug-likeness (QED) is 0.596. The number of ether oxygens (including phenoxy) is 1. The monoisotopic (exact) mass is 350 g/mol. The number of aliphatic hydroxyl groups excluding tert-OH is 1. The Morgan fingerprint density at radius 1 is 1.17 bits per heavy atom. The molecule has 1 N–H and O–H groups in total. The lowest BCUT2D eigenvalue weighted by atomic mass is 9.97. The summed E-state index contributed by atoms with van der Waals surface area (Å²) in [6.45, 7) is 2.03. The van der Waals surface area contributed by atoms with Gasteiger partial charge in [-0.25, -0.2) is 0 Å². The van der Waals surface area contributed by atoms with Gasteiger partial charge in [-0.15, -0.1) is 11.8 Å². The lowest BCUT2D eigenvalue weighted by Gasteiger charge is -2.22. The van der Waals surface area contributed by atoms with Crippen molar-refractivity contribution in [1.29, 1.82) is 0 Å². The molecule has 0 bridgehead atoms. The molecule has 0 aliphatic heterocycles. The molecule has 0 saturated heterocycles. The molecule has 0 fully saturated rings. The molecule has 0 heterocycles. The zero-order valence-electron chi connectivity index (χ0n) is 12.8. The normalized spacial score (nSPS) is 13.3. The Labute approximate surface area is 145 Å². The van der Waals surface area contributed by atoms with Crippen LogP contribution in [0.5, 0.6) is 0 Å². The van der Waals surface area contributed by atoms with Gasteiger partial charge >= 0.3 is 5.97 Å². The van der Waals surface area contributed by atoms with Gasteiger partial charge in [0, 0.05) is 15.7 Å². The summed E-state index contributed by atoms with van der Waals surface area (Å²) in [5.41, 5.74) is 0.542. The van der Waals surface area contributed by atoms with Crippen molar-refractivity contribution in [3.05, 3.63) is 65.2 Å². The molecule has 0 radical (unpaired) electrons. The maximum Gasteiger partial charge on any atom is 0.312 e. The van der Waals surface area contributed by atoms with Crippen LogP contribution in [-0.4, -0.2) is 23.4 Å². The minimum absolute atomic E-state index is 0.278. The minimum atomic E-state index is -1.00. The maximum atomic E-state index is 12.3. The third-order valence-electron chi connectivity index (χ3n) is 3.37. The predicted octanol–water partition coefficient (Wildman–Crippen LogP) is 4.35. The van der Waals surface area contributed by atoms with Crippen LogP contribution in [0.4, 0.5) is 0 Å². The number of halogens is 1. The fourth-order valence-electron chi connectivity index (χ4n) is 2.17. The highest BCUT2D eigenvalue weighted by molar-refractivity contribution is 7.99. The van der Waals surface area contributed by atoms with Crippen LogP contribution in [0, 0.1) is 5.92 Å². The topological polar surface area (TPSA) is 46.5 Å². The second-order valence-corrected chi connectivity index (χ2v) is 6.45. The van der Waals surface area contributed by atoms with Crippen LogP contribution in [0.3, 0.4) is 0 Å². The van der Waals surface area contributed by atoms with Gasteiger partial charge in [-0.3, -0.25) is 4.79 Å². The molecule has 0 spiro atoms. The second kappa shape index (κ2) is 8.96. The van der Waals surface area contributed by atoms with Crippen molar-refractivity contribution in [2.45, 2.75) is 17.9 Å². The minimum Gasteiger partial charge on any atom is -0.466 e. The van der Waals surface area contributed by atoms with Crippen molar-refractivity contribution in [2.24, 2.45) is 5.92 Å². The van der Waals surface area contributed by atoms with Crippen molar-refractivity contribution in [3.63, 3.8) is 0 Å². The van der Waals surface area contributed by atoms with Crippen molar-refractivity contribution in [2.75, 3.05) is 12.4 Å². The molecule has 122 valence electrons. The molecule has 0 unspecified atom stereocenters. The van der Waals surface area contributed by atoms with Gasteiger partial charge in [0.05, 0.1) is 18.6 Å². The first-order valence-electron chi connectivity index (χ1n) is 7.40. The first kappa shape index (κ1) is 17.9. The lowest BCUT2D eigenvalue weighted by Crippen LogP contribution is -2.27. The van der Waals surface area contributed by atoms with Gasteiger partial charge in [0.25, 0.3) is 0 Å². The van der Waals surface area contributed by atoms with E-state index in [0.717, 1.165) is 4.90 Å². The summed E-state index contributed by atoms with van der Waals surface area (Å²) in [5, 5.41) is 11.1. The van der Waals surface area contributed by atoms with Crippen molar-refractivity contribution >= 4 is 29.3 Å². The zero-order valence-corrected chi connectivity index (χ0v) is 14.4. The molecular weight excluding hydrogens is 332 g/mol. The second-order valence-electron chi connectivity index (χ2n) is 4.95. The van der Waals surface area contributed by atoms with Crippen LogP contribution >= 0.6 is 23.4 Å². The van der Waals surface area contributed by atoms with Gasteiger partial charge in [0.2, 0.25) is 0 Å². The van der Waals surface area contributed by atoms with Crippen LogP contribution in [0.1, 0.15) is 18.6 Å². The van der Waals surface area contributed by atoms with E-state index in [2.05, 4.69) is 0 Å². The third-order valence-corrected chi connectivity index (χ3v) is 4.84. The van der Waals surface area contributed by atoms with Crippen LogP contribution in [0.25, 0.3) is 0 Å². The molecule has 0 saturated carbocycles. The van der Waals surface area contributed by atoms with Crippen LogP contribution in [-0.2, 0) is 9.53 Å². The molecule has 2 rings (SSSR count). The summed E-state index contributed by atoms with van der Waals surface area (Å²) in [7, 11) is 0. The molecule has 0 aliphatic carbocycles. The van der Waals surface area contributed by atoms with Gasteiger partial charge in [0.1, 0.15) is 0 Å². The molecule has 0 aromatic heterocycles. The van der Waals surface area contributed by atoms with Crippen LogP contribution < -0.4 is 0 Å². The van der Waals surface area contributed by atoms with E-state index in [9.17, 15) is 9.90 Å². The van der Waals surface area contributed by atoms with Gasteiger partial charge in [0.15, 0.2) is 0 Å². The Morgan fingerprint density at radius 3 is 2.48 bits per heavy atom. The first-order valence-corrected chi connectivity index (χ1v) is 8.76. The average molecular weight is 351 g/mol. The standard InChI is InChI=1S/C18H19ClO3S/c1-2-22-18(21)15(12-23-13-8-4-3-5-9-13)17(20)14-10-6-7-11-16(14)19/h3-11,15,17,20H,2,12H2,1H3/t15-,17-/m0/s1. The smallest absolute Gasteiger partial charge is 0.312 e. The molecular formula is C18H19ClO3S. The van der Waals surface area contributed by atoms with Crippen LogP contribution in [0.2, 0.25) is 5.02 Å². The van der Waals surface area contributed by atoms with Crippen molar-refractivity contribution in [1.82, 2.24) is 0 Å². The number of benzene rings is 2. The number of aliphatic hydroxyl groups is 1. The van der Waals surface area contributed by atoms with Crippen LogP contribution in [0.15, 0.2) is 59.5 Å².